The van der Waals surface area contributed by atoms with E-state index >= 15 is 0 Å². The molecule has 0 atom stereocenters. The Kier molecular flexibility index (Phi) is 7.34. The Morgan fingerprint density at radius 2 is 1.71 bits per heavy atom. The van der Waals surface area contributed by atoms with Crippen molar-refractivity contribution >= 4 is 16.9 Å². The lowest BCUT2D eigenvalue weighted by atomic mass is 9.86. The van der Waals surface area contributed by atoms with Crippen LogP contribution in [0.5, 0.6) is 5.75 Å². The van der Waals surface area contributed by atoms with Crippen molar-refractivity contribution in [3.05, 3.63) is 89.1 Å². The topological polar surface area (TPSA) is 40.5 Å². The van der Waals surface area contributed by atoms with Crippen LogP contribution in [-0.2, 0) is 16.7 Å². The van der Waals surface area contributed by atoms with Crippen LogP contribution in [0.15, 0.2) is 66.7 Å². The second-order valence-corrected chi connectivity index (χ2v) is 11.5. The Labute approximate surface area is 226 Å². The Morgan fingerprint density at radius 1 is 0.974 bits per heavy atom. The second-order valence-electron chi connectivity index (χ2n) is 11.5. The van der Waals surface area contributed by atoms with Crippen LogP contribution in [0.3, 0.4) is 0 Å². The third-order valence-corrected chi connectivity index (χ3v) is 7.90. The minimum Gasteiger partial charge on any atom is -0.497 e. The molecule has 3 aromatic carbocycles. The van der Waals surface area contributed by atoms with Gasteiger partial charge < -0.3 is 14.0 Å². The lowest BCUT2D eigenvalue weighted by Gasteiger charge is -2.19. The highest BCUT2D eigenvalue weighted by Crippen LogP contribution is 2.41. The van der Waals surface area contributed by atoms with Crippen molar-refractivity contribution in [2.75, 3.05) is 13.7 Å². The number of hydrogen-bond donors (Lipinski definition) is 0. The molecule has 38 heavy (non-hydrogen) atoms. The first-order valence-electron chi connectivity index (χ1n) is 13.9. The summed E-state index contributed by atoms with van der Waals surface area (Å²) in [5.74, 6) is 1.10. The Hall–Kier alpha value is -3.53. The molecule has 1 heterocycles. The average molecular weight is 510 g/mol. The highest BCUT2D eigenvalue weighted by atomic mass is 16.5. The molecule has 1 aliphatic carbocycles. The number of benzene rings is 3. The minimum absolute atomic E-state index is 0.0541. The van der Waals surface area contributed by atoms with Crippen molar-refractivity contribution in [2.45, 2.75) is 71.3 Å². The first kappa shape index (κ1) is 26.1. The maximum Gasteiger partial charge on any atom is 0.355 e. The molecule has 0 bridgehead atoms. The molecule has 0 aliphatic heterocycles. The number of carbonyl (C=O) groups excluding carboxylic acids is 1. The standard InChI is InChI=1S/C34H39NO3/c1-6-38-33(36)32-31(25-14-17-27(18-15-25)34(2,3)4)29-21-26(24-11-7-8-12-24)16-19-30(29)35(32)22-23-10-9-13-28(20-23)37-5/h9-10,13-21,24H,6-8,11-12,22H2,1-5H3. The molecule has 1 aliphatic rings. The van der Waals surface area contributed by atoms with Gasteiger partial charge in [-0.25, -0.2) is 4.79 Å². The van der Waals surface area contributed by atoms with Crippen LogP contribution in [-0.4, -0.2) is 24.3 Å². The number of methoxy groups -OCH3 is 1. The maximum atomic E-state index is 13.6. The highest BCUT2D eigenvalue weighted by Gasteiger charge is 2.27. The van der Waals surface area contributed by atoms with Gasteiger partial charge in [0.15, 0.2) is 0 Å². The van der Waals surface area contributed by atoms with E-state index in [0.717, 1.165) is 33.3 Å². The Bertz CT molecular complexity index is 1430. The molecule has 0 spiro atoms. The van der Waals surface area contributed by atoms with E-state index in [4.69, 9.17) is 9.47 Å². The fourth-order valence-corrected chi connectivity index (χ4v) is 5.84. The van der Waals surface area contributed by atoms with Gasteiger partial charge in [0.2, 0.25) is 0 Å². The molecule has 5 rings (SSSR count). The zero-order chi connectivity index (χ0) is 26.9. The number of esters is 1. The number of ether oxygens (including phenoxy) is 2. The Morgan fingerprint density at radius 3 is 2.37 bits per heavy atom. The van der Waals surface area contributed by atoms with Crippen LogP contribution in [0.1, 0.15) is 86.5 Å². The lowest BCUT2D eigenvalue weighted by molar-refractivity contribution is 0.0516. The summed E-state index contributed by atoms with van der Waals surface area (Å²) in [4.78, 5) is 13.6. The van der Waals surface area contributed by atoms with Crippen LogP contribution in [0.25, 0.3) is 22.0 Å². The number of fused-ring (bicyclic) bond motifs is 1. The fraction of sp³-hybridized carbons (Fsp3) is 0.382. The van der Waals surface area contributed by atoms with Crippen molar-refractivity contribution in [3.8, 4) is 16.9 Å². The van der Waals surface area contributed by atoms with Crippen molar-refractivity contribution in [2.24, 2.45) is 0 Å². The van der Waals surface area contributed by atoms with E-state index in [-0.39, 0.29) is 11.4 Å². The van der Waals surface area contributed by atoms with E-state index in [9.17, 15) is 4.79 Å². The first-order chi connectivity index (χ1) is 18.3. The zero-order valence-corrected chi connectivity index (χ0v) is 23.3. The maximum absolute atomic E-state index is 13.6. The van der Waals surface area contributed by atoms with Crippen molar-refractivity contribution in [1.29, 1.82) is 0 Å². The molecule has 4 heteroatoms. The summed E-state index contributed by atoms with van der Waals surface area (Å²) >= 11 is 0. The smallest absolute Gasteiger partial charge is 0.355 e. The molecule has 198 valence electrons. The number of rotatable bonds is 7. The molecular weight excluding hydrogens is 470 g/mol. The summed E-state index contributed by atoms with van der Waals surface area (Å²) < 4.78 is 13.3. The van der Waals surface area contributed by atoms with E-state index in [1.165, 1.54) is 36.8 Å². The SMILES string of the molecule is CCOC(=O)c1c(-c2ccc(C(C)(C)C)cc2)c2cc(C3CCCC3)ccc2n1Cc1cccc(OC)c1. The van der Waals surface area contributed by atoms with Crippen molar-refractivity contribution in [1.82, 2.24) is 4.57 Å². The van der Waals surface area contributed by atoms with Gasteiger partial charge in [0.25, 0.3) is 0 Å². The molecule has 1 aromatic heterocycles. The van der Waals surface area contributed by atoms with Gasteiger partial charge in [-0.1, -0.05) is 76.1 Å². The van der Waals surface area contributed by atoms with Crippen LogP contribution in [0.2, 0.25) is 0 Å². The Balaban J connectivity index is 1.75. The molecule has 0 saturated heterocycles. The number of carbonyl (C=O) groups is 1. The van der Waals surface area contributed by atoms with E-state index in [0.29, 0.717) is 24.8 Å². The quantitative estimate of drug-likeness (QED) is 0.235. The largest absolute Gasteiger partial charge is 0.497 e. The van der Waals surface area contributed by atoms with E-state index in [2.05, 4.69) is 73.9 Å². The van der Waals surface area contributed by atoms with Crippen molar-refractivity contribution in [3.63, 3.8) is 0 Å². The lowest BCUT2D eigenvalue weighted by Crippen LogP contribution is -2.14. The highest BCUT2D eigenvalue weighted by molar-refractivity contribution is 6.09. The van der Waals surface area contributed by atoms with Crippen LogP contribution in [0, 0.1) is 0 Å². The minimum atomic E-state index is -0.288. The van der Waals surface area contributed by atoms with E-state index < -0.39 is 0 Å². The third-order valence-electron chi connectivity index (χ3n) is 7.90. The second kappa shape index (κ2) is 10.7. The molecule has 4 aromatic rings. The number of nitrogens with zero attached hydrogens (tertiary/aromatic N) is 1. The molecule has 1 saturated carbocycles. The molecular formula is C34H39NO3. The monoisotopic (exact) mass is 509 g/mol. The molecule has 0 unspecified atom stereocenters. The molecule has 0 amide bonds. The van der Waals surface area contributed by atoms with Gasteiger partial charge in [0, 0.05) is 23.0 Å². The van der Waals surface area contributed by atoms with Gasteiger partial charge >= 0.3 is 5.97 Å². The van der Waals surface area contributed by atoms with E-state index in [1.807, 2.05) is 25.1 Å². The summed E-state index contributed by atoms with van der Waals surface area (Å²) in [5, 5.41) is 1.11. The van der Waals surface area contributed by atoms with E-state index in [1.54, 1.807) is 7.11 Å². The average Bonchev–Trinajstić information content (AvgIpc) is 3.55. The first-order valence-corrected chi connectivity index (χ1v) is 13.9. The van der Waals surface area contributed by atoms with Crippen LogP contribution in [0.4, 0.5) is 0 Å². The summed E-state index contributed by atoms with van der Waals surface area (Å²) in [5.41, 5.74) is 7.42. The van der Waals surface area contributed by atoms with Gasteiger partial charge in [0.1, 0.15) is 11.4 Å². The zero-order valence-electron chi connectivity index (χ0n) is 23.3. The predicted octanol–water partition coefficient (Wildman–Crippen LogP) is 8.50. The third kappa shape index (κ3) is 5.09. The van der Waals surface area contributed by atoms with Gasteiger partial charge in [0.05, 0.1) is 13.7 Å². The van der Waals surface area contributed by atoms with Gasteiger partial charge in [-0.15, -0.1) is 0 Å². The molecule has 4 nitrogen and oxygen atoms in total. The molecule has 0 radical (unpaired) electrons. The summed E-state index contributed by atoms with van der Waals surface area (Å²) in [6.07, 6.45) is 5.04. The van der Waals surface area contributed by atoms with Gasteiger partial charge in [-0.2, -0.15) is 0 Å². The van der Waals surface area contributed by atoms with Gasteiger partial charge in [-0.3, -0.25) is 0 Å². The normalized spacial score (nSPS) is 14.2. The van der Waals surface area contributed by atoms with Gasteiger partial charge in [-0.05, 0) is 77.6 Å². The summed E-state index contributed by atoms with van der Waals surface area (Å²) in [6, 6.07) is 23.6. The summed E-state index contributed by atoms with van der Waals surface area (Å²) in [7, 11) is 1.68. The van der Waals surface area contributed by atoms with Crippen LogP contribution >= 0.6 is 0 Å². The predicted molar refractivity (Wildman–Crippen MR) is 155 cm³/mol. The molecule has 1 fully saturated rings. The van der Waals surface area contributed by atoms with Crippen LogP contribution < -0.4 is 4.74 Å². The molecule has 0 N–H and O–H groups in total. The number of aromatic nitrogens is 1. The number of hydrogen-bond acceptors (Lipinski definition) is 3. The fourth-order valence-electron chi connectivity index (χ4n) is 5.84. The summed E-state index contributed by atoms with van der Waals surface area (Å²) in [6.45, 7) is 9.41. The van der Waals surface area contributed by atoms with Crippen molar-refractivity contribution < 1.29 is 14.3 Å².